The van der Waals surface area contributed by atoms with Gasteiger partial charge in [-0.3, -0.25) is 24.0 Å². The molecule has 0 aliphatic heterocycles. The third kappa shape index (κ3) is 17.7. The van der Waals surface area contributed by atoms with Crippen molar-refractivity contribution >= 4 is 35.5 Å². The van der Waals surface area contributed by atoms with Gasteiger partial charge in [-0.2, -0.15) is 0 Å². The van der Waals surface area contributed by atoms with Crippen LogP contribution in [0, 0.1) is 11.8 Å². The topological polar surface area (TPSA) is 261 Å². The Bertz CT molecular complexity index is 963. The van der Waals surface area contributed by atoms with E-state index in [1.54, 1.807) is 0 Å². The van der Waals surface area contributed by atoms with Crippen LogP contribution in [-0.4, -0.2) is 90.0 Å². The molecule has 0 aromatic carbocycles. The summed E-state index contributed by atoms with van der Waals surface area (Å²) in [6.45, 7) is 11.2. The summed E-state index contributed by atoms with van der Waals surface area (Å²) in [5.74, 6) is -4.19. The molecule has 0 bridgehead atoms. The van der Waals surface area contributed by atoms with E-state index in [0.717, 1.165) is 6.42 Å². The Kier molecular flexibility index (Phi) is 20.6. The zero-order valence-corrected chi connectivity index (χ0v) is 27.8. The van der Waals surface area contributed by atoms with Crippen LogP contribution in [0.2, 0.25) is 0 Å². The number of unbranched alkanes of at least 4 members (excludes halogenated alkanes) is 2. The highest BCUT2D eigenvalue weighted by Crippen LogP contribution is 2.09. The van der Waals surface area contributed by atoms with E-state index in [9.17, 15) is 33.9 Å². The van der Waals surface area contributed by atoms with Crippen molar-refractivity contribution in [2.45, 2.75) is 129 Å². The molecule has 0 aliphatic rings. The number of hydrogen-bond acceptors (Lipinski definition) is 9. The van der Waals surface area contributed by atoms with Crippen molar-refractivity contribution in [3.05, 3.63) is 0 Å². The van der Waals surface area contributed by atoms with Gasteiger partial charge in [0.25, 0.3) is 0 Å². The summed E-state index contributed by atoms with van der Waals surface area (Å²) in [6.07, 6.45) is 3.58. The lowest BCUT2D eigenvalue weighted by molar-refractivity contribution is -0.142. The van der Waals surface area contributed by atoms with Gasteiger partial charge in [0.15, 0.2) is 0 Å². The number of nitrogens with two attached hydrogens (primary N) is 3. The van der Waals surface area contributed by atoms with Crippen LogP contribution in [0.5, 0.6) is 0 Å². The average molecular weight is 643 g/mol. The molecule has 0 rings (SSSR count). The van der Waals surface area contributed by atoms with Crippen molar-refractivity contribution in [1.29, 1.82) is 0 Å². The normalized spacial score (nSPS) is 15.3. The van der Waals surface area contributed by atoms with Crippen LogP contribution >= 0.6 is 0 Å². The molecule has 0 saturated heterocycles. The maximum atomic E-state index is 13.4. The van der Waals surface area contributed by atoms with Crippen LogP contribution in [0.4, 0.5) is 0 Å². The second kappa shape index (κ2) is 22.2. The summed E-state index contributed by atoms with van der Waals surface area (Å²) in [6, 6.07) is -6.06. The van der Waals surface area contributed by atoms with Gasteiger partial charge in [-0.1, -0.05) is 34.1 Å². The highest BCUT2D eigenvalue weighted by Gasteiger charge is 2.31. The largest absolute Gasteiger partial charge is 0.480 e. The zero-order valence-electron chi connectivity index (χ0n) is 27.8. The Balaban J connectivity index is 5.56. The van der Waals surface area contributed by atoms with E-state index in [4.69, 9.17) is 17.2 Å². The van der Waals surface area contributed by atoms with E-state index < -0.39 is 71.8 Å². The van der Waals surface area contributed by atoms with Crippen molar-refractivity contribution < 1.29 is 33.9 Å². The second-order valence-electron chi connectivity index (χ2n) is 12.4. The van der Waals surface area contributed by atoms with Gasteiger partial charge in [0.05, 0.1) is 6.04 Å². The second-order valence-corrected chi connectivity index (χ2v) is 12.4. The van der Waals surface area contributed by atoms with E-state index in [0.29, 0.717) is 38.8 Å². The van der Waals surface area contributed by atoms with E-state index in [1.165, 1.54) is 13.8 Å². The number of rotatable bonds is 23. The average Bonchev–Trinajstić information content (AvgIpc) is 2.95. The summed E-state index contributed by atoms with van der Waals surface area (Å²) in [5.41, 5.74) is 17.0. The predicted octanol–water partition coefficient (Wildman–Crippen LogP) is -0.788. The van der Waals surface area contributed by atoms with Crippen molar-refractivity contribution in [1.82, 2.24) is 26.6 Å². The number of hydrogen-bond donors (Lipinski definition) is 9. The number of carbonyl (C=O) groups excluding carboxylic acids is 5. The predicted molar refractivity (Wildman–Crippen MR) is 171 cm³/mol. The van der Waals surface area contributed by atoms with E-state index in [1.807, 2.05) is 27.7 Å². The first-order valence-corrected chi connectivity index (χ1v) is 15.9. The fourth-order valence-electron chi connectivity index (χ4n) is 4.43. The van der Waals surface area contributed by atoms with Crippen molar-refractivity contribution in [3.8, 4) is 0 Å². The third-order valence-corrected chi connectivity index (χ3v) is 7.05. The number of carboxylic acid groups (broad SMARTS) is 1. The monoisotopic (exact) mass is 642 g/mol. The summed E-state index contributed by atoms with van der Waals surface area (Å²) in [5, 5.41) is 22.4. The minimum atomic E-state index is -1.18. The first-order chi connectivity index (χ1) is 21.0. The number of amides is 5. The molecule has 15 heteroatoms. The van der Waals surface area contributed by atoms with Crippen molar-refractivity contribution in [3.63, 3.8) is 0 Å². The molecule has 45 heavy (non-hydrogen) atoms. The van der Waals surface area contributed by atoms with Gasteiger partial charge in [-0.15, -0.1) is 0 Å². The first-order valence-electron chi connectivity index (χ1n) is 15.9. The van der Waals surface area contributed by atoms with Gasteiger partial charge in [0.1, 0.15) is 30.2 Å². The molecule has 0 aromatic heterocycles. The molecule has 0 heterocycles. The highest BCUT2D eigenvalue weighted by molar-refractivity contribution is 5.96. The smallest absolute Gasteiger partial charge is 0.326 e. The molecule has 0 saturated carbocycles. The fraction of sp³-hybridized carbons (Fsp3) is 0.800. The molecular weight excluding hydrogens is 584 g/mol. The maximum absolute atomic E-state index is 13.4. The van der Waals surface area contributed by atoms with Crippen LogP contribution in [0.1, 0.15) is 92.9 Å². The molecule has 0 aromatic rings. The quantitative estimate of drug-likeness (QED) is 0.0627. The Labute approximate surface area is 267 Å². The van der Waals surface area contributed by atoms with E-state index in [2.05, 4.69) is 26.6 Å². The first kappa shape index (κ1) is 41.7. The fourth-order valence-corrected chi connectivity index (χ4v) is 4.43. The summed E-state index contributed by atoms with van der Waals surface area (Å²) in [7, 11) is 0. The Hall–Kier alpha value is -3.30. The van der Waals surface area contributed by atoms with E-state index >= 15 is 0 Å². The molecule has 5 amide bonds. The molecule has 6 atom stereocenters. The van der Waals surface area contributed by atoms with Gasteiger partial charge in [-0.05, 0) is 83.7 Å². The number of aliphatic carboxylic acids is 1. The van der Waals surface area contributed by atoms with Crippen LogP contribution in [-0.2, 0) is 28.8 Å². The van der Waals surface area contributed by atoms with Gasteiger partial charge in [0.2, 0.25) is 29.5 Å². The minimum Gasteiger partial charge on any atom is -0.480 e. The van der Waals surface area contributed by atoms with Crippen molar-refractivity contribution in [2.24, 2.45) is 29.0 Å². The highest BCUT2D eigenvalue weighted by atomic mass is 16.4. The van der Waals surface area contributed by atoms with Gasteiger partial charge in [-0.25, -0.2) is 4.79 Å². The van der Waals surface area contributed by atoms with Crippen LogP contribution in [0.25, 0.3) is 0 Å². The third-order valence-electron chi connectivity index (χ3n) is 7.05. The van der Waals surface area contributed by atoms with Gasteiger partial charge >= 0.3 is 5.97 Å². The summed E-state index contributed by atoms with van der Waals surface area (Å²) < 4.78 is 0. The Morgan fingerprint density at radius 1 is 0.533 bits per heavy atom. The SMILES string of the molecule is CC(C)C[C@H](NC(=O)[C@H](C)NC(=O)[C@H](CCCCN)NC(=O)[C@H](CC(C)C)NC(=O)[C@H](C)NC(=O)[C@@H](N)CCCCN)C(=O)O. The van der Waals surface area contributed by atoms with Gasteiger partial charge in [0, 0.05) is 0 Å². The minimum absolute atomic E-state index is 0.0110. The summed E-state index contributed by atoms with van der Waals surface area (Å²) in [4.78, 5) is 76.3. The maximum Gasteiger partial charge on any atom is 0.326 e. The molecule has 0 unspecified atom stereocenters. The molecule has 260 valence electrons. The Morgan fingerprint density at radius 3 is 1.40 bits per heavy atom. The standard InChI is InChI=1S/C30H58N8O7/c1-17(2)15-23(37-25(39)19(5)34-27(41)21(33)11-7-9-13-31)29(43)36-22(12-8-10-14-32)28(42)35-20(6)26(40)38-24(30(44)45)16-18(3)4/h17-24H,7-16,31-33H2,1-6H3,(H,34,41)(H,35,42)(H,36,43)(H,37,39)(H,38,40)(H,44,45)/t19-,20-,21-,22-,23-,24-/m0/s1. The molecule has 0 aliphatic carbocycles. The van der Waals surface area contributed by atoms with Crippen LogP contribution in [0.15, 0.2) is 0 Å². The lowest BCUT2D eigenvalue weighted by Crippen LogP contribution is -2.58. The van der Waals surface area contributed by atoms with Crippen molar-refractivity contribution in [2.75, 3.05) is 13.1 Å². The number of nitrogens with one attached hydrogen (secondary N) is 5. The number of carboxylic acids is 1. The zero-order chi connectivity index (χ0) is 34.7. The molecule has 0 spiro atoms. The molecule has 0 fully saturated rings. The summed E-state index contributed by atoms with van der Waals surface area (Å²) >= 11 is 0. The molecule has 0 radical (unpaired) electrons. The lowest BCUT2D eigenvalue weighted by Gasteiger charge is -2.26. The van der Waals surface area contributed by atoms with E-state index in [-0.39, 0.29) is 31.1 Å². The Morgan fingerprint density at radius 2 is 0.933 bits per heavy atom. The number of carbonyl (C=O) groups is 6. The molecule has 15 nitrogen and oxygen atoms in total. The van der Waals surface area contributed by atoms with Crippen LogP contribution in [0.3, 0.4) is 0 Å². The lowest BCUT2D eigenvalue weighted by atomic mass is 10.0. The van der Waals surface area contributed by atoms with Gasteiger partial charge < -0.3 is 48.9 Å². The molecule has 12 N–H and O–H groups in total. The van der Waals surface area contributed by atoms with Crippen LogP contribution < -0.4 is 43.8 Å². The molecular formula is C30H58N8O7.